The fraction of sp³-hybridized carbons (Fsp3) is 0.571. The molecular weight excluding hydrogens is 196 g/mol. The molecule has 2 atom stereocenters. The summed E-state index contributed by atoms with van der Waals surface area (Å²) in [6, 6.07) is 11.8. The fourth-order valence-electron chi connectivity index (χ4n) is 2.71. The van der Waals surface area contributed by atoms with E-state index in [0.29, 0.717) is 12.1 Å². The average Bonchev–Trinajstić information content (AvgIpc) is 2.85. The fourth-order valence-corrected chi connectivity index (χ4v) is 2.71. The van der Waals surface area contributed by atoms with Crippen molar-refractivity contribution in [2.45, 2.75) is 31.8 Å². The van der Waals surface area contributed by atoms with Gasteiger partial charge in [0.2, 0.25) is 0 Å². The molecule has 1 saturated heterocycles. The Hall–Kier alpha value is -0.860. The minimum atomic E-state index is 0.444. The molecule has 0 saturated carbocycles. The molecule has 88 valence electrons. The van der Waals surface area contributed by atoms with Crippen LogP contribution in [0.15, 0.2) is 30.3 Å². The Morgan fingerprint density at radius 2 is 1.75 bits per heavy atom. The third-order valence-corrected chi connectivity index (χ3v) is 3.67. The summed E-state index contributed by atoms with van der Waals surface area (Å²) in [4.78, 5) is 2.59. The largest absolute Gasteiger partial charge is 0.312 e. The van der Waals surface area contributed by atoms with Crippen molar-refractivity contribution in [2.75, 3.05) is 20.1 Å². The first-order chi connectivity index (χ1) is 7.83. The molecule has 1 N–H and O–H groups in total. The molecule has 1 aromatic rings. The molecule has 1 heterocycles. The number of rotatable bonds is 4. The van der Waals surface area contributed by atoms with Crippen LogP contribution >= 0.6 is 0 Å². The monoisotopic (exact) mass is 218 g/mol. The lowest BCUT2D eigenvalue weighted by molar-refractivity contribution is 0.212. The number of nitrogens with one attached hydrogen (secondary N) is 1. The van der Waals surface area contributed by atoms with Gasteiger partial charge in [0.15, 0.2) is 0 Å². The summed E-state index contributed by atoms with van der Waals surface area (Å²) in [5.74, 6) is 0. The molecule has 1 aliphatic heterocycles. The first-order valence-electron chi connectivity index (χ1n) is 6.29. The molecule has 0 bridgehead atoms. The Labute approximate surface area is 98.7 Å². The number of likely N-dealkylation sites (tertiary alicyclic amines) is 1. The Kier molecular flexibility index (Phi) is 3.97. The summed E-state index contributed by atoms with van der Waals surface area (Å²) in [6.07, 6.45) is 2.71. The van der Waals surface area contributed by atoms with Gasteiger partial charge in [0, 0.05) is 12.1 Å². The van der Waals surface area contributed by atoms with Gasteiger partial charge in [-0.3, -0.25) is 4.90 Å². The van der Waals surface area contributed by atoms with Crippen LogP contribution in [0.25, 0.3) is 0 Å². The van der Waals surface area contributed by atoms with E-state index in [2.05, 4.69) is 54.5 Å². The van der Waals surface area contributed by atoms with Crippen LogP contribution < -0.4 is 5.32 Å². The van der Waals surface area contributed by atoms with Gasteiger partial charge in [-0.2, -0.15) is 0 Å². The van der Waals surface area contributed by atoms with Crippen molar-refractivity contribution in [3.8, 4) is 0 Å². The van der Waals surface area contributed by atoms with E-state index >= 15 is 0 Å². The van der Waals surface area contributed by atoms with E-state index in [0.717, 1.165) is 0 Å². The number of nitrogens with zero attached hydrogens (tertiary/aromatic N) is 1. The Morgan fingerprint density at radius 1 is 1.12 bits per heavy atom. The zero-order valence-electron chi connectivity index (χ0n) is 10.3. The lowest BCUT2D eigenvalue weighted by atomic mass is 10.00. The quantitative estimate of drug-likeness (QED) is 0.835. The van der Waals surface area contributed by atoms with Gasteiger partial charge in [0.05, 0.1) is 0 Å². The number of benzene rings is 1. The predicted octanol–water partition coefficient (Wildman–Crippen LogP) is 2.43. The van der Waals surface area contributed by atoms with E-state index in [9.17, 15) is 0 Å². The maximum atomic E-state index is 3.45. The molecule has 0 spiro atoms. The summed E-state index contributed by atoms with van der Waals surface area (Å²) < 4.78 is 0. The summed E-state index contributed by atoms with van der Waals surface area (Å²) in [6.45, 7) is 4.85. The van der Waals surface area contributed by atoms with Gasteiger partial charge in [-0.15, -0.1) is 0 Å². The maximum Gasteiger partial charge on any atom is 0.0473 e. The van der Waals surface area contributed by atoms with Crippen LogP contribution in [0.5, 0.6) is 0 Å². The third-order valence-electron chi connectivity index (χ3n) is 3.67. The van der Waals surface area contributed by atoms with E-state index in [1.807, 2.05) is 0 Å². The normalized spacial score (nSPS) is 20.9. The Bertz CT molecular complexity index is 304. The molecule has 0 aliphatic carbocycles. The lowest BCUT2D eigenvalue weighted by Gasteiger charge is -2.31. The van der Waals surface area contributed by atoms with E-state index in [-0.39, 0.29) is 0 Å². The minimum absolute atomic E-state index is 0.444. The Balaban J connectivity index is 2.09. The lowest BCUT2D eigenvalue weighted by Crippen LogP contribution is -2.40. The van der Waals surface area contributed by atoms with E-state index in [1.165, 1.54) is 31.5 Å². The molecule has 1 aromatic carbocycles. The van der Waals surface area contributed by atoms with Gasteiger partial charge in [-0.05, 0) is 45.5 Å². The molecule has 2 nitrogen and oxygen atoms in total. The first-order valence-corrected chi connectivity index (χ1v) is 6.29. The van der Waals surface area contributed by atoms with Crippen molar-refractivity contribution in [3.05, 3.63) is 35.9 Å². The SMILES string of the molecule is CNC(c1ccccc1)C(C)N1CCCC1. The molecule has 1 aliphatic rings. The smallest absolute Gasteiger partial charge is 0.0473 e. The standard InChI is InChI=1S/C14H22N2/c1-12(16-10-6-7-11-16)14(15-2)13-8-4-3-5-9-13/h3-5,8-9,12,14-15H,6-7,10-11H2,1-2H3. The van der Waals surface area contributed by atoms with Gasteiger partial charge in [0.1, 0.15) is 0 Å². The molecular formula is C14H22N2. The summed E-state index contributed by atoms with van der Waals surface area (Å²) in [5.41, 5.74) is 1.39. The second-order valence-corrected chi connectivity index (χ2v) is 4.66. The van der Waals surface area contributed by atoms with Gasteiger partial charge >= 0.3 is 0 Å². The zero-order chi connectivity index (χ0) is 11.4. The third kappa shape index (κ3) is 2.45. The van der Waals surface area contributed by atoms with Crippen molar-refractivity contribution in [1.82, 2.24) is 10.2 Å². The van der Waals surface area contributed by atoms with Crippen molar-refractivity contribution in [2.24, 2.45) is 0 Å². The number of hydrogen-bond donors (Lipinski definition) is 1. The highest BCUT2D eigenvalue weighted by Crippen LogP contribution is 2.23. The van der Waals surface area contributed by atoms with Crippen molar-refractivity contribution >= 4 is 0 Å². The minimum Gasteiger partial charge on any atom is -0.312 e. The molecule has 2 unspecified atom stereocenters. The van der Waals surface area contributed by atoms with Crippen LogP contribution in [0.4, 0.5) is 0 Å². The Morgan fingerprint density at radius 3 is 2.31 bits per heavy atom. The van der Waals surface area contributed by atoms with E-state index < -0.39 is 0 Å². The second kappa shape index (κ2) is 5.46. The van der Waals surface area contributed by atoms with E-state index in [1.54, 1.807) is 0 Å². The van der Waals surface area contributed by atoms with Gasteiger partial charge in [-0.1, -0.05) is 30.3 Å². The van der Waals surface area contributed by atoms with Crippen LogP contribution in [-0.4, -0.2) is 31.1 Å². The molecule has 2 heteroatoms. The highest BCUT2D eigenvalue weighted by Gasteiger charge is 2.25. The molecule has 0 radical (unpaired) electrons. The van der Waals surface area contributed by atoms with Crippen LogP contribution in [0.1, 0.15) is 31.4 Å². The van der Waals surface area contributed by atoms with Crippen LogP contribution in [0, 0.1) is 0 Å². The summed E-state index contributed by atoms with van der Waals surface area (Å²) >= 11 is 0. The molecule has 1 fully saturated rings. The van der Waals surface area contributed by atoms with Crippen molar-refractivity contribution < 1.29 is 0 Å². The first kappa shape index (κ1) is 11.6. The van der Waals surface area contributed by atoms with E-state index in [4.69, 9.17) is 0 Å². The number of hydrogen-bond acceptors (Lipinski definition) is 2. The summed E-state index contributed by atoms with van der Waals surface area (Å²) in [5, 5.41) is 3.45. The molecule has 16 heavy (non-hydrogen) atoms. The molecule has 0 aromatic heterocycles. The highest BCUT2D eigenvalue weighted by atomic mass is 15.2. The van der Waals surface area contributed by atoms with Crippen LogP contribution in [0.2, 0.25) is 0 Å². The van der Waals surface area contributed by atoms with Crippen LogP contribution in [0.3, 0.4) is 0 Å². The van der Waals surface area contributed by atoms with Crippen molar-refractivity contribution in [1.29, 1.82) is 0 Å². The molecule has 2 rings (SSSR count). The molecule has 0 amide bonds. The van der Waals surface area contributed by atoms with Crippen LogP contribution in [-0.2, 0) is 0 Å². The van der Waals surface area contributed by atoms with Gasteiger partial charge in [0.25, 0.3) is 0 Å². The highest BCUT2D eigenvalue weighted by molar-refractivity contribution is 5.20. The topological polar surface area (TPSA) is 15.3 Å². The van der Waals surface area contributed by atoms with Gasteiger partial charge in [-0.25, -0.2) is 0 Å². The average molecular weight is 218 g/mol. The maximum absolute atomic E-state index is 3.45. The summed E-state index contributed by atoms with van der Waals surface area (Å²) in [7, 11) is 2.06. The zero-order valence-corrected chi connectivity index (χ0v) is 10.3. The second-order valence-electron chi connectivity index (χ2n) is 4.66. The van der Waals surface area contributed by atoms with Gasteiger partial charge < -0.3 is 5.32 Å². The number of likely N-dealkylation sites (N-methyl/N-ethyl adjacent to an activating group) is 1. The van der Waals surface area contributed by atoms with Crippen molar-refractivity contribution in [3.63, 3.8) is 0 Å². The predicted molar refractivity (Wildman–Crippen MR) is 68.5 cm³/mol.